The lowest BCUT2D eigenvalue weighted by Crippen LogP contribution is -2.16. The molecule has 0 aliphatic rings. The Labute approximate surface area is 130 Å². The van der Waals surface area contributed by atoms with E-state index in [0.717, 1.165) is 15.7 Å². The van der Waals surface area contributed by atoms with Crippen LogP contribution in [0.3, 0.4) is 0 Å². The summed E-state index contributed by atoms with van der Waals surface area (Å²) in [7, 11) is 0. The number of halogens is 1. The zero-order valence-electron chi connectivity index (χ0n) is 12.1. The van der Waals surface area contributed by atoms with Crippen molar-refractivity contribution in [1.82, 2.24) is 0 Å². The van der Waals surface area contributed by atoms with E-state index < -0.39 is 0 Å². The Morgan fingerprint density at radius 3 is 2.35 bits per heavy atom. The second-order valence-electron chi connectivity index (χ2n) is 5.19. The molecule has 0 aromatic heterocycles. The largest absolute Gasteiger partial charge is 0.323 e. The van der Waals surface area contributed by atoms with E-state index in [2.05, 4.69) is 39.0 Å². The Balaban J connectivity index is 2.11. The van der Waals surface area contributed by atoms with Crippen molar-refractivity contribution in [1.29, 1.82) is 0 Å². The van der Waals surface area contributed by atoms with Gasteiger partial charge in [0.15, 0.2) is 0 Å². The van der Waals surface area contributed by atoms with Crippen LogP contribution in [0.1, 0.15) is 28.3 Å². The Bertz CT molecular complexity index is 587. The first kappa shape index (κ1) is 15.4. The van der Waals surface area contributed by atoms with Crippen molar-refractivity contribution in [2.24, 2.45) is 5.73 Å². The van der Waals surface area contributed by atoms with Crippen molar-refractivity contribution >= 4 is 23.4 Å². The van der Waals surface area contributed by atoms with Gasteiger partial charge < -0.3 is 5.73 Å². The second-order valence-corrected chi connectivity index (χ2v) is 6.72. The van der Waals surface area contributed by atoms with Crippen LogP contribution in [0.4, 0.5) is 0 Å². The SMILES string of the molecule is Cc1cc(C)c(C(N)CSc2cccc(Cl)c2)c(C)c1. The molecule has 2 aromatic carbocycles. The van der Waals surface area contributed by atoms with Gasteiger partial charge in [0.05, 0.1) is 0 Å². The van der Waals surface area contributed by atoms with Gasteiger partial charge in [-0.25, -0.2) is 0 Å². The predicted octanol–water partition coefficient (Wildman–Crippen LogP) is 5.06. The Kier molecular flexibility index (Phi) is 5.14. The molecule has 0 bridgehead atoms. The molecule has 0 saturated carbocycles. The van der Waals surface area contributed by atoms with E-state index in [1.54, 1.807) is 11.8 Å². The van der Waals surface area contributed by atoms with Crippen molar-refractivity contribution in [2.75, 3.05) is 5.75 Å². The molecule has 0 saturated heterocycles. The molecule has 3 heteroatoms. The number of hydrogen-bond donors (Lipinski definition) is 1. The zero-order chi connectivity index (χ0) is 14.7. The van der Waals surface area contributed by atoms with Gasteiger partial charge in [0.1, 0.15) is 0 Å². The van der Waals surface area contributed by atoms with E-state index in [4.69, 9.17) is 17.3 Å². The van der Waals surface area contributed by atoms with E-state index in [1.165, 1.54) is 22.3 Å². The molecule has 0 spiro atoms. The fourth-order valence-corrected chi connectivity index (χ4v) is 3.78. The van der Waals surface area contributed by atoms with Crippen LogP contribution in [0.5, 0.6) is 0 Å². The molecule has 2 aromatic rings. The number of hydrogen-bond acceptors (Lipinski definition) is 2. The van der Waals surface area contributed by atoms with E-state index in [-0.39, 0.29) is 6.04 Å². The molecular weight excluding hydrogens is 286 g/mol. The quantitative estimate of drug-likeness (QED) is 0.799. The van der Waals surface area contributed by atoms with Gasteiger partial charge in [-0.2, -0.15) is 0 Å². The minimum absolute atomic E-state index is 0.0413. The third kappa shape index (κ3) is 3.78. The van der Waals surface area contributed by atoms with Crippen LogP contribution >= 0.6 is 23.4 Å². The zero-order valence-corrected chi connectivity index (χ0v) is 13.7. The van der Waals surface area contributed by atoms with Gasteiger partial charge in [-0.3, -0.25) is 0 Å². The highest BCUT2D eigenvalue weighted by Crippen LogP contribution is 2.28. The first-order valence-corrected chi connectivity index (χ1v) is 8.05. The van der Waals surface area contributed by atoms with Gasteiger partial charge in [-0.05, 0) is 55.7 Å². The molecule has 0 radical (unpaired) electrons. The maximum Gasteiger partial charge on any atom is 0.0417 e. The molecule has 1 atom stereocenters. The van der Waals surface area contributed by atoms with Crippen LogP contribution in [0, 0.1) is 20.8 Å². The Hall–Kier alpha value is -0.960. The summed E-state index contributed by atoms with van der Waals surface area (Å²) < 4.78 is 0. The molecule has 0 aliphatic carbocycles. The van der Waals surface area contributed by atoms with Crippen molar-refractivity contribution in [3.8, 4) is 0 Å². The van der Waals surface area contributed by atoms with Gasteiger partial charge in [0.25, 0.3) is 0 Å². The number of thioether (sulfide) groups is 1. The normalized spacial score (nSPS) is 12.4. The molecule has 1 nitrogen and oxygen atoms in total. The van der Waals surface area contributed by atoms with Gasteiger partial charge >= 0.3 is 0 Å². The first-order valence-electron chi connectivity index (χ1n) is 6.69. The second kappa shape index (κ2) is 6.66. The third-order valence-corrected chi connectivity index (χ3v) is 4.68. The minimum Gasteiger partial charge on any atom is -0.323 e. The third-order valence-electron chi connectivity index (χ3n) is 3.33. The molecule has 106 valence electrons. The van der Waals surface area contributed by atoms with Gasteiger partial charge in [0.2, 0.25) is 0 Å². The fraction of sp³-hybridized carbons (Fsp3) is 0.294. The molecule has 1 unspecified atom stereocenters. The Morgan fingerprint density at radius 1 is 1.10 bits per heavy atom. The summed E-state index contributed by atoms with van der Waals surface area (Å²) in [6.45, 7) is 6.40. The molecule has 2 N–H and O–H groups in total. The van der Waals surface area contributed by atoms with Gasteiger partial charge in [0, 0.05) is 21.7 Å². The number of nitrogens with two attached hydrogens (primary N) is 1. The van der Waals surface area contributed by atoms with E-state index in [9.17, 15) is 0 Å². The number of rotatable bonds is 4. The highest BCUT2D eigenvalue weighted by atomic mass is 35.5. The van der Waals surface area contributed by atoms with Crippen LogP contribution in [-0.4, -0.2) is 5.75 Å². The molecule has 0 heterocycles. The summed E-state index contributed by atoms with van der Waals surface area (Å²) in [5, 5.41) is 0.770. The van der Waals surface area contributed by atoms with E-state index in [1.807, 2.05) is 18.2 Å². The summed E-state index contributed by atoms with van der Waals surface area (Å²) in [6, 6.07) is 12.3. The average molecular weight is 306 g/mol. The lowest BCUT2D eigenvalue weighted by molar-refractivity contribution is 0.813. The predicted molar refractivity (Wildman–Crippen MR) is 89.8 cm³/mol. The smallest absolute Gasteiger partial charge is 0.0417 e. The standard InChI is InChI=1S/C17H20ClNS/c1-11-7-12(2)17(13(3)8-11)16(19)10-20-15-6-4-5-14(18)9-15/h4-9,16H,10,19H2,1-3H3. The highest BCUT2D eigenvalue weighted by Gasteiger charge is 2.13. The van der Waals surface area contributed by atoms with Crippen LogP contribution < -0.4 is 5.73 Å². The summed E-state index contributed by atoms with van der Waals surface area (Å²) in [5.74, 6) is 0.852. The summed E-state index contributed by atoms with van der Waals surface area (Å²) in [6.07, 6.45) is 0. The van der Waals surface area contributed by atoms with Crippen molar-refractivity contribution in [2.45, 2.75) is 31.7 Å². The molecular formula is C17H20ClNS. The van der Waals surface area contributed by atoms with Gasteiger partial charge in [-0.15, -0.1) is 11.8 Å². The molecule has 20 heavy (non-hydrogen) atoms. The summed E-state index contributed by atoms with van der Waals surface area (Å²) >= 11 is 7.75. The first-order chi connectivity index (χ1) is 9.47. The number of benzene rings is 2. The molecule has 0 fully saturated rings. The average Bonchev–Trinajstić information content (AvgIpc) is 2.35. The van der Waals surface area contributed by atoms with E-state index in [0.29, 0.717) is 0 Å². The highest BCUT2D eigenvalue weighted by molar-refractivity contribution is 7.99. The van der Waals surface area contributed by atoms with Crippen molar-refractivity contribution in [3.63, 3.8) is 0 Å². The fourth-order valence-electron chi connectivity index (χ4n) is 2.60. The van der Waals surface area contributed by atoms with Crippen LogP contribution in [0.15, 0.2) is 41.3 Å². The maximum absolute atomic E-state index is 6.38. The lowest BCUT2D eigenvalue weighted by Gasteiger charge is -2.18. The van der Waals surface area contributed by atoms with Crippen LogP contribution in [0.2, 0.25) is 5.02 Å². The molecule has 2 rings (SSSR count). The van der Waals surface area contributed by atoms with Crippen LogP contribution in [0.25, 0.3) is 0 Å². The van der Waals surface area contributed by atoms with Gasteiger partial charge in [-0.1, -0.05) is 35.4 Å². The topological polar surface area (TPSA) is 26.0 Å². The summed E-state index contributed by atoms with van der Waals surface area (Å²) in [5.41, 5.74) is 11.5. The van der Waals surface area contributed by atoms with Crippen molar-refractivity contribution < 1.29 is 0 Å². The van der Waals surface area contributed by atoms with Crippen LogP contribution in [-0.2, 0) is 0 Å². The minimum atomic E-state index is 0.0413. The molecule has 0 aliphatic heterocycles. The number of aryl methyl sites for hydroxylation is 3. The molecule has 0 amide bonds. The maximum atomic E-state index is 6.38. The van der Waals surface area contributed by atoms with Crippen molar-refractivity contribution in [3.05, 3.63) is 63.7 Å². The monoisotopic (exact) mass is 305 g/mol. The lowest BCUT2D eigenvalue weighted by atomic mass is 9.95. The van der Waals surface area contributed by atoms with E-state index >= 15 is 0 Å². The Morgan fingerprint density at radius 2 is 1.75 bits per heavy atom. The summed E-state index contributed by atoms with van der Waals surface area (Å²) in [4.78, 5) is 1.16.